The van der Waals surface area contributed by atoms with E-state index in [-0.39, 0.29) is 17.6 Å². The van der Waals surface area contributed by atoms with Gasteiger partial charge in [-0.25, -0.2) is 13.4 Å². The van der Waals surface area contributed by atoms with Gasteiger partial charge in [0.15, 0.2) is 15.7 Å². The van der Waals surface area contributed by atoms with Crippen molar-refractivity contribution in [1.82, 2.24) is 4.98 Å². The Morgan fingerprint density at radius 3 is 3.06 bits per heavy atom. The summed E-state index contributed by atoms with van der Waals surface area (Å²) in [5, 5.41) is 0. The summed E-state index contributed by atoms with van der Waals surface area (Å²) in [5.74, 6) is 1.54. The van der Waals surface area contributed by atoms with Gasteiger partial charge in [-0.3, -0.25) is 0 Å². The molecule has 0 spiro atoms. The van der Waals surface area contributed by atoms with Crippen molar-refractivity contribution in [1.29, 1.82) is 0 Å². The van der Waals surface area contributed by atoms with Crippen molar-refractivity contribution in [3.8, 4) is 0 Å². The van der Waals surface area contributed by atoms with E-state index in [2.05, 4.69) is 4.98 Å². The van der Waals surface area contributed by atoms with Crippen molar-refractivity contribution in [2.45, 2.75) is 32.1 Å². The molecule has 102 valence electrons. The number of oxazole rings is 1. The monoisotopic (exact) mass is 272 g/mol. The SMILES string of the molecule is CC(CN)c1coc(CC2CCCS(=O)(=O)C2)n1. The topological polar surface area (TPSA) is 86.2 Å². The van der Waals surface area contributed by atoms with Crippen molar-refractivity contribution >= 4 is 9.84 Å². The van der Waals surface area contributed by atoms with E-state index in [1.807, 2.05) is 6.92 Å². The summed E-state index contributed by atoms with van der Waals surface area (Å²) in [5.41, 5.74) is 6.43. The lowest BCUT2D eigenvalue weighted by Gasteiger charge is -2.20. The summed E-state index contributed by atoms with van der Waals surface area (Å²) in [6, 6.07) is 0. The molecule has 2 rings (SSSR count). The van der Waals surface area contributed by atoms with Crippen LogP contribution in [0.4, 0.5) is 0 Å². The van der Waals surface area contributed by atoms with Crippen molar-refractivity contribution in [2.24, 2.45) is 11.7 Å². The van der Waals surface area contributed by atoms with Crippen LogP contribution in [0.25, 0.3) is 0 Å². The number of hydrogen-bond donors (Lipinski definition) is 1. The Hall–Kier alpha value is -0.880. The molecule has 1 fully saturated rings. The van der Waals surface area contributed by atoms with E-state index in [0.29, 0.717) is 24.6 Å². The highest BCUT2D eigenvalue weighted by atomic mass is 32.2. The van der Waals surface area contributed by atoms with E-state index in [4.69, 9.17) is 10.2 Å². The number of hydrogen-bond acceptors (Lipinski definition) is 5. The Kier molecular flexibility index (Phi) is 4.07. The van der Waals surface area contributed by atoms with Crippen LogP contribution >= 0.6 is 0 Å². The Balaban J connectivity index is 1.99. The van der Waals surface area contributed by atoms with Crippen molar-refractivity contribution < 1.29 is 12.8 Å². The molecule has 5 nitrogen and oxygen atoms in total. The first-order chi connectivity index (χ1) is 8.50. The number of nitrogens with zero attached hydrogens (tertiary/aromatic N) is 1. The van der Waals surface area contributed by atoms with Gasteiger partial charge in [-0.2, -0.15) is 0 Å². The minimum Gasteiger partial charge on any atom is -0.449 e. The zero-order valence-electron chi connectivity index (χ0n) is 10.6. The maximum absolute atomic E-state index is 11.5. The summed E-state index contributed by atoms with van der Waals surface area (Å²) in [4.78, 5) is 4.38. The van der Waals surface area contributed by atoms with Gasteiger partial charge < -0.3 is 10.2 Å². The van der Waals surface area contributed by atoms with Crippen LogP contribution in [0.1, 0.15) is 37.3 Å². The van der Waals surface area contributed by atoms with Gasteiger partial charge in [-0.1, -0.05) is 6.92 Å². The summed E-state index contributed by atoms with van der Waals surface area (Å²) in [6.45, 7) is 2.52. The normalized spacial score (nSPS) is 24.9. The number of aromatic nitrogens is 1. The lowest BCUT2D eigenvalue weighted by atomic mass is 10.0. The van der Waals surface area contributed by atoms with Crippen LogP contribution in [0.3, 0.4) is 0 Å². The second kappa shape index (κ2) is 5.40. The first-order valence-electron chi connectivity index (χ1n) is 6.35. The molecule has 0 bridgehead atoms. The van der Waals surface area contributed by atoms with E-state index in [1.54, 1.807) is 6.26 Å². The van der Waals surface area contributed by atoms with Gasteiger partial charge in [0.1, 0.15) is 6.26 Å². The smallest absolute Gasteiger partial charge is 0.194 e. The fourth-order valence-electron chi connectivity index (χ4n) is 2.29. The fraction of sp³-hybridized carbons (Fsp3) is 0.750. The van der Waals surface area contributed by atoms with Gasteiger partial charge in [-0.05, 0) is 18.8 Å². The number of nitrogens with two attached hydrogens (primary N) is 1. The molecule has 2 N–H and O–H groups in total. The molecule has 0 radical (unpaired) electrons. The lowest BCUT2D eigenvalue weighted by molar-refractivity contribution is 0.416. The molecule has 0 aliphatic carbocycles. The zero-order chi connectivity index (χ0) is 13.2. The molecule has 1 aromatic heterocycles. The lowest BCUT2D eigenvalue weighted by Crippen LogP contribution is -2.26. The standard InChI is InChI=1S/C12H20N2O3S/c1-9(6-13)11-7-17-12(14-11)5-10-3-2-4-18(15,16)8-10/h7,9-10H,2-6,8,13H2,1H3. The van der Waals surface area contributed by atoms with Crippen LogP contribution in [-0.4, -0.2) is 31.5 Å². The minimum absolute atomic E-state index is 0.142. The third kappa shape index (κ3) is 3.32. The molecular formula is C12H20N2O3S. The second-order valence-corrected chi connectivity index (χ2v) is 7.36. The minimum atomic E-state index is -2.86. The van der Waals surface area contributed by atoms with E-state index < -0.39 is 9.84 Å². The summed E-state index contributed by atoms with van der Waals surface area (Å²) in [6.07, 6.45) is 3.92. The molecule has 1 aliphatic heterocycles. The van der Waals surface area contributed by atoms with E-state index in [0.717, 1.165) is 18.5 Å². The second-order valence-electron chi connectivity index (χ2n) is 5.13. The number of rotatable bonds is 4. The highest BCUT2D eigenvalue weighted by Gasteiger charge is 2.26. The largest absolute Gasteiger partial charge is 0.449 e. The third-order valence-electron chi connectivity index (χ3n) is 3.45. The number of sulfone groups is 1. The molecule has 1 saturated heterocycles. The first-order valence-corrected chi connectivity index (χ1v) is 8.17. The maximum atomic E-state index is 11.5. The van der Waals surface area contributed by atoms with Gasteiger partial charge in [-0.15, -0.1) is 0 Å². The Morgan fingerprint density at radius 2 is 2.39 bits per heavy atom. The highest BCUT2D eigenvalue weighted by molar-refractivity contribution is 7.91. The zero-order valence-corrected chi connectivity index (χ0v) is 11.4. The average Bonchev–Trinajstić information content (AvgIpc) is 2.75. The van der Waals surface area contributed by atoms with Crippen LogP contribution in [0.5, 0.6) is 0 Å². The molecule has 0 aromatic carbocycles. The Morgan fingerprint density at radius 1 is 1.61 bits per heavy atom. The average molecular weight is 272 g/mol. The summed E-state index contributed by atoms with van der Waals surface area (Å²) < 4.78 is 28.5. The van der Waals surface area contributed by atoms with Gasteiger partial charge in [0.25, 0.3) is 0 Å². The van der Waals surface area contributed by atoms with Crippen molar-refractivity contribution in [3.63, 3.8) is 0 Å². The van der Waals surface area contributed by atoms with Gasteiger partial charge in [0.2, 0.25) is 0 Å². The van der Waals surface area contributed by atoms with E-state index in [1.165, 1.54) is 0 Å². The van der Waals surface area contributed by atoms with Crippen LogP contribution in [-0.2, 0) is 16.3 Å². The van der Waals surface area contributed by atoms with Gasteiger partial charge >= 0.3 is 0 Å². The van der Waals surface area contributed by atoms with Crippen molar-refractivity contribution in [3.05, 3.63) is 17.8 Å². The summed E-state index contributed by atoms with van der Waals surface area (Å²) in [7, 11) is -2.86. The molecule has 0 saturated carbocycles. The molecule has 18 heavy (non-hydrogen) atoms. The molecule has 2 atom stereocenters. The molecule has 2 unspecified atom stereocenters. The molecule has 1 aromatic rings. The molecule has 6 heteroatoms. The third-order valence-corrected chi connectivity index (χ3v) is 5.34. The molecule has 0 amide bonds. The van der Waals surface area contributed by atoms with Crippen LogP contribution in [0, 0.1) is 5.92 Å². The molecule has 1 aliphatic rings. The first kappa shape index (κ1) is 13.5. The predicted octanol–water partition coefficient (Wildman–Crippen LogP) is 1.10. The maximum Gasteiger partial charge on any atom is 0.194 e. The Bertz CT molecular complexity index is 495. The molecular weight excluding hydrogens is 252 g/mol. The Labute approximate surface area is 108 Å². The summed E-state index contributed by atoms with van der Waals surface area (Å²) >= 11 is 0. The van der Waals surface area contributed by atoms with Gasteiger partial charge in [0.05, 0.1) is 17.2 Å². The van der Waals surface area contributed by atoms with Crippen molar-refractivity contribution in [2.75, 3.05) is 18.1 Å². The molecule has 2 heterocycles. The highest BCUT2D eigenvalue weighted by Crippen LogP contribution is 2.23. The van der Waals surface area contributed by atoms with Crippen LogP contribution < -0.4 is 5.73 Å². The van der Waals surface area contributed by atoms with Gasteiger partial charge in [0, 0.05) is 18.9 Å². The predicted molar refractivity (Wildman–Crippen MR) is 69.1 cm³/mol. The fourth-order valence-corrected chi connectivity index (χ4v) is 4.07. The van der Waals surface area contributed by atoms with E-state index in [9.17, 15) is 8.42 Å². The quantitative estimate of drug-likeness (QED) is 0.887. The van der Waals surface area contributed by atoms with Crippen LogP contribution in [0.15, 0.2) is 10.7 Å². The van der Waals surface area contributed by atoms with E-state index >= 15 is 0 Å². The van der Waals surface area contributed by atoms with Crippen LogP contribution in [0.2, 0.25) is 0 Å².